The van der Waals surface area contributed by atoms with E-state index in [-0.39, 0.29) is 5.92 Å². The molecule has 1 aliphatic rings. The van der Waals surface area contributed by atoms with Crippen LogP contribution in [0.2, 0.25) is 0 Å². The smallest absolute Gasteiger partial charge is 0.147 e. The number of aromatic nitrogens is 4. The third-order valence-corrected chi connectivity index (χ3v) is 4.82. The van der Waals surface area contributed by atoms with E-state index in [9.17, 15) is 5.11 Å². The van der Waals surface area contributed by atoms with Crippen molar-refractivity contribution in [3.63, 3.8) is 0 Å². The number of benzene rings is 1. The number of aliphatic hydroxyl groups excluding tert-OH is 1. The van der Waals surface area contributed by atoms with Crippen LogP contribution in [-0.2, 0) is 0 Å². The second kappa shape index (κ2) is 7.03. The van der Waals surface area contributed by atoms with Gasteiger partial charge in [0.05, 0.1) is 18.1 Å². The van der Waals surface area contributed by atoms with E-state index in [2.05, 4.69) is 24.8 Å². The molecule has 25 heavy (non-hydrogen) atoms. The summed E-state index contributed by atoms with van der Waals surface area (Å²) < 4.78 is 0. The molecule has 1 saturated heterocycles. The van der Waals surface area contributed by atoms with E-state index in [0.29, 0.717) is 5.82 Å². The van der Waals surface area contributed by atoms with Crippen molar-refractivity contribution in [3.8, 4) is 11.3 Å². The molecule has 3 heterocycles. The molecule has 0 radical (unpaired) electrons. The van der Waals surface area contributed by atoms with Gasteiger partial charge < -0.3 is 15.0 Å². The van der Waals surface area contributed by atoms with Crippen LogP contribution in [0.25, 0.3) is 11.3 Å². The van der Waals surface area contributed by atoms with Crippen molar-refractivity contribution in [3.05, 3.63) is 60.9 Å². The number of hydrogen-bond acceptors (Lipinski definition) is 5. The SMILES string of the molecule is OC(c1ncc[nH]1)C1CCN(c2cnc(-c3ccccc3)cn2)CC1. The maximum absolute atomic E-state index is 10.4. The molecule has 6 heteroatoms. The van der Waals surface area contributed by atoms with Gasteiger partial charge in [0.1, 0.15) is 17.7 Å². The highest BCUT2D eigenvalue weighted by Crippen LogP contribution is 2.30. The quantitative estimate of drug-likeness (QED) is 0.766. The largest absolute Gasteiger partial charge is 0.385 e. The third-order valence-electron chi connectivity index (χ3n) is 4.82. The molecular formula is C19H21N5O. The van der Waals surface area contributed by atoms with Crippen LogP contribution < -0.4 is 4.90 Å². The zero-order valence-electron chi connectivity index (χ0n) is 13.9. The Kier molecular flexibility index (Phi) is 4.43. The van der Waals surface area contributed by atoms with Gasteiger partial charge in [0.15, 0.2) is 0 Å². The summed E-state index contributed by atoms with van der Waals surface area (Å²) in [7, 11) is 0. The Morgan fingerprint density at radius 3 is 2.48 bits per heavy atom. The first kappa shape index (κ1) is 15.8. The maximum Gasteiger partial charge on any atom is 0.147 e. The molecule has 2 aromatic heterocycles. The summed E-state index contributed by atoms with van der Waals surface area (Å²) in [5, 5.41) is 10.4. The summed E-state index contributed by atoms with van der Waals surface area (Å²) in [4.78, 5) is 18.5. The van der Waals surface area contributed by atoms with Crippen LogP contribution in [0.15, 0.2) is 55.1 Å². The Labute approximate surface area is 146 Å². The van der Waals surface area contributed by atoms with Crippen LogP contribution in [0.1, 0.15) is 24.8 Å². The minimum absolute atomic E-state index is 0.221. The Hall–Kier alpha value is -2.73. The van der Waals surface area contributed by atoms with Crippen molar-refractivity contribution >= 4 is 5.82 Å². The van der Waals surface area contributed by atoms with Gasteiger partial charge in [-0.15, -0.1) is 0 Å². The van der Waals surface area contributed by atoms with Gasteiger partial charge in [-0.1, -0.05) is 30.3 Å². The van der Waals surface area contributed by atoms with Crippen molar-refractivity contribution in [2.45, 2.75) is 18.9 Å². The van der Waals surface area contributed by atoms with Gasteiger partial charge in [0, 0.05) is 31.0 Å². The fourth-order valence-corrected chi connectivity index (χ4v) is 3.35. The fraction of sp³-hybridized carbons (Fsp3) is 0.316. The number of aliphatic hydroxyl groups is 1. The standard InChI is InChI=1S/C19H21N5O/c25-18(19-20-8-9-21-19)15-6-10-24(11-7-15)17-13-22-16(12-23-17)14-4-2-1-3-5-14/h1-5,8-9,12-13,15,18,25H,6-7,10-11H2,(H,20,21). The number of hydrogen-bond donors (Lipinski definition) is 2. The molecule has 0 aliphatic carbocycles. The summed E-state index contributed by atoms with van der Waals surface area (Å²) in [6.07, 6.45) is 8.38. The predicted molar refractivity (Wildman–Crippen MR) is 96.0 cm³/mol. The Balaban J connectivity index is 1.39. The number of H-pyrrole nitrogens is 1. The fourth-order valence-electron chi connectivity index (χ4n) is 3.35. The van der Waals surface area contributed by atoms with Crippen molar-refractivity contribution in [1.29, 1.82) is 0 Å². The average Bonchev–Trinajstić information content (AvgIpc) is 3.23. The first-order chi connectivity index (χ1) is 12.3. The number of nitrogens with one attached hydrogen (secondary N) is 1. The summed E-state index contributed by atoms with van der Waals surface area (Å²) >= 11 is 0. The molecule has 6 nitrogen and oxygen atoms in total. The predicted octanol–water partition coefficient (Wildman–Crippen LogP) is 2.82. The highest BCUT2D eigenvalue weighted by molar-refractivity contribution is 5.58. The highest BCUT2D eigenvalue weighted by atomic mass is 16.3. The Bertz CT molecular complexity index is 780. The van der Waals surface area contributed by atoms with E-state index in [1.54, 1.807) is 12.4 Å². The van der Waals surface area contributed by atoms with Crippen LogP contribution in [0.4, 0.5) is 5.82 Å². The van der Waals surface area contributed by atoms with E-state index in [1.165, 1.54) is 0 Å². The topological polar surface area (TPSA) is 77.9 Å². The highest BCUT2D eigenvalue weighted by Gasteiger charge is 2.28. The lowest BCUT2D eigenvalue weighted by Crippen LogP contribution is -2.36. The second-order valence-electron chi connectivity index (χ2n) is 6.37. The molecule has 3 aromatic rings. The number of nitrogens with zero attached hydrogens (tertiary/aromatic N) is 4. The molecule has 0 saturated carbocycles. The van der Waals surface area contributed by atoms with Gasteiger partial charge in [-0.2, -0.15) is 0 Å². The van der Waals surface area contributed by atoms with Gasteiger partial charge in [0.2, 0.25) is 0 Å². The first-order valence-electron chi connectivity index (χ1n) is 8.61. The molecule has 0 spiro atoms. The molecule has 1 fully saturated rings. The van der Waals surface area contributed by atoms with Gasteiger partial charge in [-0.25, -0.2) is 9.97 Å². The first-order valence-corrected chi connectivity index (χ1v) is 8.61. The van der Waals surface area contributed by atoms with E-state index in [1.807, 2.05) is 42.7 Å². The molecule has 1 atom stereocenters. The van der Waals surface area contributed by atoms with E-state index in [0.717, 1.165) is 43.0 Å². The van der Waals surface area contributed by atoms with Crippen molar-refractivity contribution in [2.24, 2.45) is 5.92 Å². The van der Waals surface area contributed by atoms with Crippen molar-refractivity contribution < 1.29 is 5.11 Å². The third kappa shape index (κ3) is 3.39. The van der Waals surface area contributed by atoms with Crippen LogP contribution >= 0.6 is 0 Å². The lowest BCUT2D eigenvalue weighted by atomic mass is 9.91. The molecule has 0 amide bonds. The molecule has 2 N–H and O–H groups in total. The van der Waals surface area contributed by atoms with Crippen LogP contribution in [0.5, 0.6) is 0 Å². The second-order valence-corrected chi connectivity index (χ2v) is 6.37. The van der Waals surface area contributed by atoms with Crippen LogP contribution in [-0.4, -0.2) is 38.1 Å². The number of anilines is 1. The van der Waals surface area contributed by atoms with Gasteiger partial charge in [-0.05, 0) is 18.8 Å². The number of aromatic amines is 1. The normalized spacial score (nSPS) is 16.8. The minimum atomic E-state index is -0.524. The Morgan fingerprint density at radius 1 is 1.04 bits per heavy atom. The van der Waals surface area contributed by atoms with Gasteiger partial charge in [0.25, 0.3) is 0 Å². The van der Waals surface area contributed by atoms with E-state index >= 15 is 0 Å². The zero-order chi connectivity index (χ0) is 17.1. The lowest BCUT2D eigenvalue weighted by molar-refractivity contribution is 0.0856. The van der Waals surface area contributed by atoms with Crippen molar-refractivity contribution in [2.75, 3.05) is 18.0 Å². The van der Waals surface area contributed by atoms with Gasteiger partial charge in [-0.3, -0.25) is 4.98 Å². The average molecular weight is 335 g/mol. The number of imidazole rings is 1. The minimum Gasteiger partial charge on any atom is -0.385 e. The monoisotopic (exact) mass is 335 g/mol. The maximum atomic E-state index is 10.4. The molecular weight excluding hydrogens is 314 g/mol. The molecule has 0 bridgehead atoms. The van der Waals surface area contributed by atoms with Gasteiger partial charge >= 0.3 is 0 Å². The van der Waals surface area contributed by atoms with Crippen LogP contribution in [0, 0.1) is 5.92 Å². The molecule has 1 unspecified atom stereocenters. The number of piperidine rings is 1. The molecule has 4 rings (SSSR count). The summed E-state index contributed by atoms with van der Waals surface area (Å²) in [6, 6.07) is 10.1. The molecule has 128 valence electrons. The Morgan fingerprint density at radius 2 is 1.84 bits per heavy atom. The summed E-state index contributed by atoms with van der Waals surface area (Å²) in [6.45, 7) is 1.73. The van der Waals surface area contributed by atoms with Crippen LogP contribution in [0.3, 0.4) is 0 Å². The zero-order valence-corrected chi connectivity index (χ0v) is 13.9. The number of rotatable bonds is 4. The summed E-state index contributed by atoms with van der Waals surface area (Å²) in [5.74, 6) is 1.77. The summed E-state index contributed by atoms with van der Waals surface area (Å²) in [5.41, 5.74) is 1.95. The van der Waals surface area contributed by atoms with Crippen molar-refractivity contribution in [1.82, 2.24) is 19.9 Å². The molecule has 1 aromatic carbocycles. The lowest BCUT2D eigenvalue weighted by Gasteiger charge is -2.34. The molecule has 1 aliphatic heterocycles. The van der Waals surface area contributed by atoms with E-state index in [4.69, 9.17) is 0 Å². The van der Waals surface area contributed by atoms with E-state index < -0.39 is 6.10 Å².